The Morgan fingerprint density at radius 3 is 2.96 bits per heavy atom. The molecule has 2 aromatic rings. The summed E-state index contributed by atoms with van der Waals surface area (Å²) in [6, 6.07) is 1.57. The summed E-state index contributed by atoms with van der Waals surface area (Å²) in [4.78, 5) is 8.62. The maximum atomic E-state index is 10.7. The predicted octanol–water partition coefficient (Wildman–Crippen LogP) is 0.435. The van der Waals surface area contributed by atoms with Gasteiger partial charge in [0.15, 0.2) is 6.23 Å². The quantitative estimate of drug-likeness (QED) is 0.484. The van der Waals surface area contributed by atoms with Crippen LogP contribution in [0.3, 0.4) is 0 Å². The van der Waals surface area contributed by atoms with Gasteiger partial charge in [0.1, 0.15) is 34.1 Å². The Balaban J connectivity index is 1.98. The summed E-state index contributed by atoms with van der Waals surface area (Å²) in [5.74, 6) is 0.960. The fourth-order valence-corrected chi connectivity index (χ4v) is 3.55. The summed E-state index contributed by atoms with van der Waals surface area (Å²) < 4.78 is 7.61. The van der Waals surface area contributed by atoms with Gasteiger partial charge in [0.25, 0.3) is 0 Å². The van der Waals surface area contributed by atoms with E-state index in [2.05, 4.69) is 15.3 Å². The van der Waals surface area contributed by atoms with E-state index in [4.69, 9.17) is 22.7 Å². The van der Waals surface area contributed by atoms with Crippen molar-refractivity contribution >= 4 is 46.7 Å². The van der Waals surface area contributed by atoms with Crippen molar-refractivity contribution in [2.45, 2.75) is 31.0 Å². The maximum Gasteiger partial charge on any atom is 0.167 e. The molecule has 4 atom stereocenters. The Morgan fingerprint density at radius 2 is 2.28 bits per heavy atom. The van der Waals surface area contributed by atoms with E-state index in [0.717, 1.165) is 0 Å². The third kappa shape index (κ3) is 2.26. The summed E-state index contributed by atoms with van der Waals surface area (Å²) in [7, 11) is 0. The molecule has 0 radical (unpaired) electrons. The van der Waals surface area contributed by atoms with Crippen LogP contribution in [-0.2, 0) is 4.74 Å². The summed E-state index contributed by atoms with van der Waals surface area (Å²) in [6.45, 7) is 1.03. The molecule has 4 rings (SSSR count). The fourth-order valence-electron chi connectivity index (χ4n) is 3.33. The van der Waals surface area contributed by atoms with Gasteiger partial charge in [-0.3, -0.25) is 0 Å². The van der Waals surface area contributed by atoms with Gasteiger partial charge >= 0.3 is 0 Å². The average molecular weight is 363 g/mol. The van der Waals surface area contributed by atoms with Crippen molar-refractivity contribution in [3.63, 3.8) is 0 Å². The van der Waals surface area contributed by atoms with Crippen LogP contribution in [0.1, 0.15) is 13.2 Å². The first-order valence-electron chi connectivity index (χ1n) is 7.65. The standard InChI is InChI=1S/C15H17N5O4S/c1-15(23)11(22)8(4-21)24-14(15)20-3-6-7(16)2-9(25)19-12-10(6)13(20)18-5-17-12/h2-3,5,8,11,14,21-23H,4,16H2,1H3,(H,17,18,19,25)/t8-,11-,14-,15+/m1/s1. The van der Waals surface area contributed by atoms with Crippen LogP contribution in [-0.4, -0.2) is 55.6 Å². The molecule has 4 heterocycles. The smallest absolute Gasteiger partial charge is 0.167 e. The highest BCUT2D eigenvalue weighted by Gasteiger charge is 2.53. The first-order valence-corrected chi connectivity index (χ1v) is 8.06. The molecule has 9 nitrogen and oxygen atoms in total. The summed E-state index contributed by atoms with van der Waals surface area (Å²) in [5.41, 5.74) is 4.90. The molecule has 132 valence electrons. The number of hydrogen-bond acceptors (Lipinski definition) is 9. The van der Waals surface area contributed by atoms with Gasteiger partial charge in [0.2, 0.25) is 0 Å². The SMILES string of the molecule is C[C@]1(O)[C@H](O)[C@@H](CO)O[C@H]1n1cc2c(N)cc(=S)nc3c2c1N=CN3. The third-order valence-electron chi connectivity index (χ3n) is 4.63. The van der Waals surface area contributed by atoms with Crippen LogP contribution in [0.5, 0.6) is 0 Å². The molecule has 0 amide bonds. The Kier molecular flexibility index (Phi) is 3.56. The van der Waals surface area contributed by atoms with E-state index >= 15 is 0 Å². The number of ether oxygens (including phenoxy) is 1. The molecule has 25 heavy (non-hydrogen) atoms. The molecule has 0 spiro atoms. The Morgan fingerprint density at radius 1 is 1.52 bits per heavy atom. The molecule has 6 N–H and O–H groups in total. The number of aliphatic hydroxyl groups excluding tert-OH is 2. The van der Waals surface area contributed by atoms with Crippen molar-refractivity contribution in [1.82, 2.24) is 9.55 Å². The second-order valence-electron chi connectivity index (χ2n) is 6.33. The molecule has 0 bridgehead atoms. The van der Waals surface area contributed by atoms with Gasteiger partial charge in [0, 0.05) is 17.3 Å². The number of nitrogens with two attached hydrogens (primary N) is 1. The van der Waals surface area contributed by atoms with E-state index in [0.29, 0.717) is 32.7 Å². The molecule has 2 aromatic heterocycles. The largest absolute Gasteiger partial charge is 0.398 e. The number of hydrogen-bond donors (Lipinski definition) is 5. The Bertz CT molecular complexity index is 957. The zero-order valence-corrected chi connectivity index (χ0v) is 14.1. The third-order valence-corrected chi connectivity index (χ3v) is 4.84. The molecule has 2 aliphatic rings. The van der Waals surface area contributed by atoms with Crippen LogP contribution >= 0.6 is 12.2 Å². The minimum absolute atomic E-state index is 0.337. The van der Waals surface area contributed by atoms with Crippen molar-refractivity contribution in [1.29, 1.82) is 0 Å². The molecule has 10 heteroatoms. The van der Waals surface area contributed by atoms with Gasteiger partial charge in [-0.05, 0) is 13.0 Å². The minimum Gasteiger partial charge on any atom is -0.398 e. The lowest BCUT2D eigenvalue weighted by Gasteiger charge is -2.28. The minimum atomic E-state index is -1.63. The number of rotatable bonds is 2. The van der Waals surface area contributed by atoms with Crippen LogP contribution in [0.2, 0.25) is 0 Å². The first kappa shape index (κ1) is 16.4. The van der Waals surface area contributed by atoms with Gasteiger partial charge in [-0.2, -0.15) is 0 Å². The number of aromatic nitrogens is 2. The molecule has 0 unspecified atom stereocenters. The number of aliphatic hydroxyl groups is 3. The van der Waals surface area contributed by atoms with E-state index in [9.17, 15) is 15.3 Å². The summed E-state index contributed by atoms with van der Waals surface area (Å²) in [5, 5.41) is 34.6. The molecule has 0 aliphatic carbocycles. The fraction of sp³-hybridized carbons (Fsp3) is 0.400. The van der Waals surface area contributed by atoms with Gasteiger partial charge in [0.05, 0.1) is 18.3 Å². The second-order valence-corrected chi connectivity index (χ2v) is 6.75. The maximum absolute atomic E-state index is 10.7. The number of aliphatic imine (C=N–C) groups is 1. The van der Waals surface area contributed by atoms with E-state index < -0.39 is 30.6 Å². The van der Waals surface area contributed by atoms with E-state index in [-0.39, 0.29) is 0 Å². The highest BCUT2D eigenvalue weighted by Crippen LogP contribution is 2.45. The Hall–Kier alpha value is -2.11. The lowest BCUT2D eigenvalue weighted by Crippen LogP contribution is -2.44. The number of nitrogen functional groups attached to an aromatic ring is 1. The van der Waals surface area contributed by atoms with Crippen LogP contribution in [0.4, 0.5) is 17.3 Å². The lowest BCUT2D eigenvalue weighted by atomic mass is 9.96. The van der Waals surface area contributed by atoms with Crippen molar-refractivity contribution in [2.24, 2.45) is 4.99 Å². The normalized spacial score (nSPS) is 30.6. The van der Waals surface area contributed by atoms with E-state index in [1.54, 1.807) is 16.8 Å². The first-order chi connectivity index (χ1) is 11.8. The van der Waals surface area contributed by atoms with Crippen molar-refractivity contribution in [3.8, 4) is 0 Å². The van der Waals surface area contributed by atoms with Crippen molar-refractivity contribution in [2.75, 3.05) is 17.7 Å². The van der Waals surface area contributed by atoms with Crippen LogP contribution in [0.25, 0.3) is 10.8 Å². The van der Waals surface area contributed by atoms with Gasteiger partial charge in [-0.1, -0.05) is 12.2 Å². The molecule has 0 saturated carbocycles. The van der Waals surface area contributed by atoms with Crippen LogP contribution in [0.15, 0.2) is 17.3 Å². The summed E-state index contributed by atoms with van der Waals surface area (Å²) >= 11 is 5.16. The van der Waals surface area contributed by atoms with Crippen molar-refractivity contribution < 1.29 is 20.1 Å². The highest BCUT2D eigenvalue weighted by molar-refractivity contribution is 7.71. The topological polar surface area (TPSA) is 138 Å². The lowest BCUT2D eigenvalue weighted by molar-refractivity contribution is -0.0955. The van der Waals surface area contributed by atoms with E-state index in [1.807, 2.05) is 0 Å². The highest BCUT2D eigenvalue weighted by atomic mass is 32.1. The number of nitrogens with zero attached hydrogens (tertiary/aromatic N) is 3. The van der Waals surface area contributed by atoms with Crippen LogP contribution < -0.4 is 11.1 Å². The van der Waals surface area contributed by atoms with Gasteiger partial charge in [-0.15, -0.1) is 0 Å². The average Bonchev–Trinajstić information content (AvgIpc) is 3.00. The van der Waals surface area contributed by atoms with E-state index in [1.165, 1.54) is 13.3 Å². The monoisotopic (exact) mass is 363 g/mol. The molecular weight excluding hydrogens is 346 g/mol. The Labute approximate surface area is 147 Å². The number of anilines is 2. The van der Waals surface area contributed by atoms with Gasteiger partial charge in [-0.25, -0.2) is 9.98 Å². The zero-order valence-electron chi connectivity index (χ0n) is 13.2. The predicted molar refractivity (Wildman–Crippen MR) is 94.4 cm³/mol. The molecular formula is C15H17N5O4S. The second kappa shape index (κ2) is 5.44. The number of nitrogens with one attached hydrogen (secondary N) is 1. The zero-order chi connectivity index (χ0) is 17.9. The summed E-state index contributed by atoms with van der Waals surface area (Å²) in [6.07, 6.45) is 0.00759. The van der Waals surface area contributed by atoms with Gasteiger partial charge < -0.3 is 35.7 Å². The molecule has 1 fully saturated rings. The van der Waals surface area contributed by atoms with Crippen molar-refractivity contribution in [3.05, 3.63) is 16.9 Å². The molecule has 2 aliphatic heterocycles. The van der Waals surface area contributed by atoms with Crippen LogP contribution in [0, 0.1) is 4.64 Å². The molecule has 0 aromatic carbocycles. The molecule has 1 saturated heterocycles.